The van der Waals surface area contributed by atoms with Crippen molar-refractivity contribution >= 4 is 35.1 Å². The molecule has 4 heterocycles. The van der Waals surface area contributed by atoms with Gasteiger partial charge in [0.1, 0.15) is 5.69 Å². The lowest BCUT2D eigenvalue weighted by Gasteiger charge is -2.18. The van der Waals surface area contributed by atoms with Gasteiger partial charge in [-0.1, -0.05) is 17.7 Å². The highest BCUT2D eigenvalue weighted by molar-refractivity contribution is 6.31. The summed E-state index contributed by atoms with van der Waals surface area (Å²) in [5.74, 6) is -1.41. The Bertz CT molecular complexity index is 1660. The monoisotopic (exact) mass is 584 g/mol. The summed E-state index contributed by atoms with van der Waals surface area (Å²) in [6.07, 6.45) is 4.04. The minimum atomic E-state index is -3.00. The van der Waals surface area contributed by atoms with Crippen molar-refractivity contribution in [3.63, 3.8) is 0 Å². The molecule has 1 unspecified atom stereocenters. The number of nitrogens with zero attached hydrogens (tertiary/aromatic N) is 7. The first-order valence-electron chi connectivity index (χ1n) is 12.6. The van der Waals surface area contributed by atoms with Crippen molar-refractivity contribution < 1.29 is 22.8 Å². The quantitative estimate of drug-likeness (QED) is 0.306. The second-order valence-corrected chi connectivity index (χ2v) is 9.92. The van der Waals surface area contributed by atoms with Crippen LogP contribution in [0.2, 0.25) is 5.02 Å². The third kappa shape index (κ3) is 5.49. The van der Waals surface area contributed by atoms with Gasteiger partial charge < -0.3 is 5.32 Å². The number of hydrogen-bond donors (Lipinski definition) is 1. The Kier molecular flexibility index (Phi) is 7.72. The molecule has 1 fully saturated rings. The van der Waals surface area contributed by atoms with Gasteiger partial charge in [-0.05, 0) is 33.3 Å². The van der Waals surface area contributed by atoms with Crippen molar-refractivity contribution in [2.45, 2.75) is 46.1 Å². The molecule has 212 valence electrons. The summed E-state index contributed by atoms with van der Waals surface area (Å²) in [6.45, 7) is 5.80. The van der Waals surface area contributed by atoms with E-state index in [4.69, 9.17) is 11.6 Å². The topological polar surface area (TPSA) is 119 Å². The number of aryl methyl sites for hydroxylation is 2. The van der Waals surface area contributed by atoms with E-state index in [2.05, 4.69) is 30.4 Å². The number of rotatable bonds is 7. The first kappa shape index (κ1) is 28.1. The number of halogens is 4. The van der Waals surface area contributed by atoms with Crippen LogP contribution in [0.5, 0.6) is 0 Å². The predicted molar refractivity (Wildman–Crippen MR) is 144 cm³/mol. The zero-order valence-electron chi connectivity index (χ0n) is 22.2. The highest BCUT2D eigenvalue weighted by atomic mass is 35.5. The fourth-order valence-corrected chi connectivity index (χ4v) is 4.76. The molecule has 1 aliphatic heterocycles. The van der Waals surface area contributed by atoms with Gasteiger partial charge in [-0.3, -0.25) is 24.2 Å². The smallest absolute Gasteiger partial charge is 0.276 e. The van der Waals surface area contributed by atoms with Crippen molar-refractivity contribution in [2.75, 3.05) is 16.8 Å². The average Bonchev–Trinajstić information content (AvgIpc) is 3.59. The van der Waals surface area contributed by atoms with Crippen LogP contribution in [0.15, 0.2) is 36.9 Å². The van der Waals surface area contributed by atoms with E-state index < -0.39 is 29.3 Å². The van der Waals surface area contributed by atoms with Crippen molar-refractivity contribution in [3.8, 4) is 11.3 Å². The molecule has 1 N–H and O–H groups in total. The molecule has 3 aromatic heterocycles. The molecular weight excluding hydrogens is 561 g/mol. The molecule has 1 saturated heterocycles. The van der Waals surface area contributed by atoms with Crippen LogP contribution < -0.4 is 10.2 Å². The Balaban J connectivity index is 1.36. The van der Waals surface area contributed by atoms with Crippen LogP contribution in [0.4, 0.5) is 24.8 Å². The fourth-order valence-electron chi connectivity index (χ4n) is 4.60. The first-order chi connectivity index (χ1) is 19.5. The summed E-state index contributed by atoms with van der Waals surface area (Å²) in [5, 5.41) is 6.63. The van der Waals surface area contributed by atoms with Crippen molar-refractivity contribution in [1.29, 1.82) is 0 Å². The van der Waals surface area contributed by atoms with Crippen LogP contribution in [0, 0.1) is 19.7 Å². The Morgan fingerprint density at radius 3 is 2.54 bits per heavy atom. The number of amides is 2. The molecule has 1 aliphatic rings. The summed E-state index contributed by atoms with van der Waals surface area (Å²) < 4.78 is 43.6. The Hall–Kier alpha value is -4.39. The van der Waals surface area contributed by atoms with E-state index in [1.165, 1.54) is 13.1 Å². The zero-order chi connectivity index (χ0) is 29.4. The minimum Gasteiger partial charge on any atom is -0.318 e. The van der Waals surface area contributed by atoms with Gasteiger partial charge in [0.05, 0.1) is 40.5 Å². The molecule has 4 aromatic rings. The molecule has 0 spiro atoms. The molecule has 0 bridgehead atoms. The Labute approximate surface area is 237 Å². The van der Waals surface area contributed by atoms with Crippen LogP contribution in [-0.2, 0) is 4.79 Å². The zero-order valence-corrected chi connectivity index (χ0v) is 23.0. The number of hydrogen-bond acceptors (Lipinski definition) is 7. The molecule has 1 atom stereocenters. The molecular formula is C27H24ClF3N8O2. The molecule has 2 amide bonds. The normalized spacial score (nSPS) is 14.1. The van der Waals surface area contributed by atoms with Gasteiger partial charge in [0.15, 0.2) is 5.82 Å². The summed E-state index contributed by atoms with van der Waals surface area (Å²) in [5.41, 5.74) is 0.413. The van der Waals surface area contributed by atoms with E-state index in [9.17, 15) is 22.8 Å². The Morgan fingerprint density at radius 1 is 1.07 bits per heavy atom. The van der Waals surface area contributed by atoms with Gasteiger partial charge in [0.25, 0.3) is 12.3 Å². The van der Waals surface area contributed by atoms with Crippen LogP contribution in [0.25, 0.3) is 11.3 Å². The molecule has 0 saturated carbocycles. The number of carbonyl (C=O) groups excluding carboxylic acids is 2. The van der Waals surface area contributed by atoms with Gasteiger partial charge in [0, 0.05) is 47.7 Å². The average molecular weight is 585 g/mol. The van der Waals surface area contributed by atoms with Gasteiger partial charge >= 0.3 is 0 Å². The van der Waals surface area contributed by atoms with Gasteiger partial charge in [-0.15, -0.1) is 0 Å². The lowest BCUT2D eigenvalue weighted by Crippen LogP contribution is -2.26. The first-order valence-corrected chi connectivity index (χ1v) is 13.0. The number of carbonyl (C=O) groups is 2. The molecule has 1 aromatic carbocycles. The maximum absolute atomic E-state index is 14.8. The van der Waals surface area contributed by atoms with E-state index in [1.54, 1.807) is 22.0 Å². The second-order valence-electron chi connectivity index (χ2n) is 9.51. The maximum atomic E-state index is 14.8. The SMILES string of the molecule is Cc1nc(N2CCCC2=O)ncc1C(C)n1cc(NC(=O)c2nc(-c3c(C(F)F)ccc(Cl)c3F)cnc2C)cn1. The van der Waals surface area contributed by atoms with Gasteiger partial charge in [-0.25, -0.2) is 28.1 Å². The summed E-state index contributed by atoms with van der Waals surface area (Å²) in [6, 6.07) is 1.73. The largest absolute Gasteiger partial charge is 0.318 e. The van der Waals surface area contributed by atoms with Crippen LogP contribution in [0.1, 0.15) is 65.2 Å². The van der Waals surface area contributed by atoms with E-state index >= 15 is 0 Å². The van der Waals surface area contributed by atoms with E-state index in [-0.39, 0.29) is 34.1 Å². The van der Waals surface area contributed by atoms with E-state index in [0.29, 0.717) is 30.3 Å². The second kappa shape index (κ2) is 11.2. The summed E-state index contributed by atoms with van der Waals surface area (Å²) in [4.78, 5) is 43.8. The van der Waals surface area contributed by atoms with Crippen molar-refractivity contribution in [1.82, 2.24) is 29.7 Å². The fraction of sp³-hybridized carbons (Fsp3) is 0.296. The van der Waals surface area contributed by atoms with E-state index in [0.717, 1.165) is 30.3 Å². The van der Waals surface area contributed by atoms with Crippen molar-refractivity contribution in [3.05, 3.63) is 76.0 Å². The third-order valence-corrected chi connectivity index (χ3v) is 7.11. The van der Waals surface area contributed by atoms with Crippen molar-refractivity contribution in [2.24, 2.45) is 0 Å². The summed E-state index contributed by atoms with van der Waals surface area (Å²) in [7, 11) is 0. The lowest BCUT2D eigenvalue weighted by atomic mass is 10.0. The molecule has 10 nitrogen and oxygen atoms in total. The number of aromatic nitrogens is 6. The maximum Gasteiger partial charge on any atom is 0.276 e. The van der Waals surface area contributed by atoms with Crippen LogP contribution >= 0.6 is 11.6 Å². The van der Waals surface area contributed by atoms with Gasteiger partial charge in [0.2, 0.25) is 11.9 Å². The standard InChI is InChI=1S/C27H24ClF3N8O2/c1-13-18(10-33-27(35-13)38-8-4-5-21(38)40)15(3)39-12-16(9-34-39)36-26(41)24-14(2)32-11-20(37-24)22-17(25(30)31)6-7-19(28)23(22)29/h6-7,9-12,15,25H,4-5,8H2,1-3H3,(H,36,41). The highest BCUT2D eigenvalue weighted by Crippen LogP contribution is 2.35. The molecule has 41 heavy (non-hydrogen) atoms. The van der Waals surface area contributed by atoms with E-state index in [1.807, 2.05) is 13.8 Å². The van der Waals surface area contributed by atoms with Crippen LogP contribution in [-0.4, -0.2) is 48.1 Å². The third-order valence-electron chi connectivity index (χ3n) is 6.81. The molecule has 0 aliphatic carbocycles. The number of benzene rings is 1. The predicted octanol–water partition coefficient (Wildman–Crippen LogP) is 5.47. The number of alkyl halides is 2. The number of anilines is 2. The van der Waals surface area contributed by atoms with Gasteiger partial charge in [-0.2, -0.15) is 5.10 Å². The number of nitrogens with one attached hydrogen (secondary N) is 1. The molecule has 0 radical (unpaired) electrons. The Morgan fingerprint density at radius 2 is 1.85 bits per heavy atom. The highest BCUT2D eigenvalue weighted by Gasteiger charge is 2.26. The van der Waals surface area contributed by atoms with Crippen LogP contribution in [0.3, 0.4) is 0 Å². The summed E-state index contributed by atoms with van der Waals surface area (Å²) >= 11 is 5.83. The minimum absolute atomic E-state index is 0.00437. The molecule has 5 rings (SSSR count). The molecule has 14 heteroatoms. The lowest BCUT2D eigenvalue weighted by molar-refractivity contribution is -0.117.